The summed E-state index contributed by atoms with van der Waals surface area (Å²) in [4.78, 5) is 5.23. The molecule has 0 amide bonds. The lowest BCUT2D eigenvalue weighted by atomic mass is 9.94. The van der Waals surface area contributed by atoms with E-state index in [1.165, 1.54) is 24.1 Å². The molecule has 0 spiro atoms. The molecule has 5 heteroatoms. The van der Waals surface area contributed by atoms with E-state index in [0.717, 1.165) is 36.4 Å². The molecule has 0 aliphatic heterocycles. The minimum atomic E-state index is 0.379. The minimum Gasteiger partial charge on any atom is -0.389 e. The number of hydrogen-bond acceptors (Lipinski definition) is 4. The minimum absolute atomic E-state index is 0.379. The Balaban J connectivity index is 2.23. The standard InChI is InChI=1S/C15H23N3S2/c1-10(7-8-20-2)17-15-12(14(16)19)9-11-5-3-4-6-13(11)18-15/h9-10H,3-8H2,1-2H3,(H2,16,19)(H,17,18). The molecule has 1 atom stereocenters. The third kappa shape index (κ3) is 3.85. The fourth-order valence-electron chi connectivity index (χ4n) is 2.53. The fourth-order valence-corrected chi connectivity index (χ4v) is 3.28. The fraction of sp³-hybridized carbons (Fsp3) is 0.600. The highest BCUT2D eigenvalue weighted by Crippen LogP contribution is 2.25. The van der Waals surface area contributed by atoms with E-state index >= 15 is 0 Å². The molecule has 0 radical (unpaired) electrons. The average Bonchev–Trinajstić information content (AvgIpc) is 2.44. The van der Waals surface area contributed by atoms with E-state index in [-0.39, 0.29) is 0 Å². The Labute approximate surface area is 131 Å². The van der Waals surface area contributed by atoms with Crippen LogP contribution in [0, 0.1) is 0 Å². The van der Waals surface area contributed by atoms with Crippen molar-refractivity contribution in [3.05, 3.63) is 22.9 Å². The number of rotatable bonds is 6. The molecule has 1 aliphatic carbocycles. The third-order valence-corrected chi connectivity index (χ3v) is 4.57. The molecule has 0 saturated carbocycles. The zero-order valence-electron chi connectivity index (χ0n) is 12.2. The summed E-state index contributed by atoms with van der Waals surface area (Å²) in [6, 6.07) is 2.53. The average molecular weight is 310 g/mol. The van der Waals surface area contributed by atoms with E-state index in [1.54, 1.807) is 0 Å². The van der Waals surface area contributed by atoms with Crippen LogP contribution in [0.5, 0.6) is 0 Å². The van der Waals surface area contributed by atoms with Crippen molar-refractivity contribution < 1.29 is 0 Å². The molecule has 0 bridgehead atoms. The van der Waals surface area contributed by atoms with Crippen LogP contribution in [0.25, 0.3) is 0 Å². The Morgan fingerprint density at radius 2 is 2.25 bits per heavy atom. The Morgan fingerprint density at radius 1 is 1.50 bits per heavy atom. The van der Waals surface area contributed by atoms with Crippen LogP contribution >= 0.6 is 24.0 Å². The van der Waals surface area contributed by atoms with Crippen LogP contribution in [-0.4, -0.2) is 28.0 Å². The van der Waals surface area contributed by atoms with Crippen molar-refractivity contribution in [2.45, 2.75) is 45.1 Å². The molecule has 1 aromatic heterocycles. The molecule has 0 fully saturated rings. The molecule has 3 nitrogen and oxygen atoms in total. The quantitative estimate of drug-likeness (QED) is 0.791. The topological polar surface area (TPSA) is 50.9 Å². The second-order valence-electron chi connectivity index (χ2n) is 5.39. The van der Waals surface area contributed by atoms with Gasteiger partial charge in [0.25, 0.3) is 0 Å². The summed E-state index contributed by atoms with van der Waals surface area (Å²) >= 11 is 7.05. The van der Waals surface area contributed by atoms with Crippen LogP contribution in [-0.2, 0) is 12.8 Å². The Kier molecular flexibility index (Phi) is 5.66. The van der Waals surface area contributed by atoms with Crippen LogP contribution in [0.3, 0.4) is 0 Å². The second kappa shape index (κ2) is 7.27. The van der Waals surface area contributed by atoms with Crippen molar-refractivity contribution in [1.29, 1.82) is 0 Å². The van der Waals surface area contributed by atoms with Crippen molar-refractivity contribution in [3.8, 4) is 0 Å². The molecule has 20 heavy (non-hydrogen) atoms. The molecule has 0 aromatic carbocycles. The van der Waals surface area contributed by atoms with E-state index in [1.807, 2.05) is 11.8 Å². The van der Waals surface area contributed by atoms with Crippen LogP contribution in [0.1, 0.15) is 43.0 Å². The number of fused-ring (bicyclic) bond motifs is 1. The lowest BCUT2D eigenvalue weighted by molar-refractivity contribution is 0.666. The zero-order chi connectivity index (χ0) is 14.5. The summed E-state index contributed by atoms with van der Waals surface area (Å²) < 4.78 is 0. The molecular formula is C15H23N3S2. The van der Waals surface area contributed by atoms with E-state index < -0.39 is 0 Å². The van der Waals surface area contributed by atoms with Crippen molar-refractivity contribution in [2.75, 3.05) is 17.3 Å². The van der Waals surface area contributed by atoms with Crippen LogP contribution in [0.2, 0.25) is 0 Å². The summed E-state index contributed by atoms with van der Waals surface area (Å²) in [7, 11) is 0. The molecule has 1 unspecified atom stereocenters. The molecule has 1 aromatic rings. The van der Waals surface area contributed by atoms with Crippen LogP contribution in [0.15, 0.2) is 6.07 Å². The van der Waals surface area contributed by atoms with Crippen molar-refractivity contribution in [3.63, 3.8) is 0 Å². The number of thiocarbonyl (C=S) groups is 1. The molecule has 3 N–H and O–H groups in total. The molecule has 110 valence electrons. The number of nitrogens with one attached hydrogen (secondary N) is 1. The summed E-state index contributed by atoms with van der Waals surface area (Å²) in [5.41, 5.74) is 9.31. The van der Waals surface area contributed by atoms with E-state index in [9.17, 15) is 0 Å². The highest BCUT2D eigenvalue weighted by molar-refractivity contribution is 7.98. The monoisotopic (exact) mass is 309 g/mol. The summed E-state index contributed by atoms with van der Waals surface area (Å²) in [5, 5.41) is 3.48. The van der Waals surface area contributed by atoms with Gasteiger partial charge in [-0.1, -0.05) is 12.2 Å². The van der Waals surface area contributed by atoms with Gasteiger partial charge in [-0.25, -0.2) is 4.98 Å². The normalized spacial score (nSPS) is 15.5. The predicted molar refractivity (Wildman–Crippen MR) is 92.9 cm³/mol. The first-order chi connectivity index (χ1) is 9.61. The Hall–Kier alpha value is -0.810. The number of anilines is 1. The van der Waals surface area contributed by atoms with Gasteiger partial charge < -0.3 is 11.1 Å². The molecule has 2 rings (SSSR count). The van der Waals surface area contributed by atoms with Gasteiger partial charge in [0.1, 0.15) is 10.8 Å². The maximum Gasteiger partial charge on any atom is 0.136 e. The van der Waals surface area contributed by atoms with Crippen LogP contribution in [0.4, 0.5) is 5.82 Å². The Bertz CT molecular complexity index is 488. The van der Waals surface area contributed by atoms with Gasteiger partial charge in [-0.2, -0.15) is 11.8 Å². The van der Waals surface area contributed by atoms with Gasteiger partial charge in [-0.05, 0) is 62.7 Å². The first-order valence-electron chi connectivity index (χ1n) is 7.20. The van der Waals surface area contributed by atoms with Gasteiger partial charge in [0.2, 0.25) is 0 Å². The highest BCUT2D eigenvalue weighted by Gasteiger charge is 2.17. The molecular weight excluding hydrogens is 286 g/mol. The molecule has 0 saturated heterocycles. The highest BCUT2D eigenvalue weighted by atomic mass is 32.2. The van der Waals surface area contributed by atoms with E-state index in [4.69, 9.17) is 22.9 Å². The lowest BCUT2D eigenvalue weighted by Crippen LogP contribution is -2.23. The van der Waals surface area contributed by atoms with Gasteiger partial charge in [0.05, 0.1) is 5.56 Å². The summed E-state index contributed by atoms with van der Waals surface area (Å²) in [6.07, 6.45) is 7.87. The van der Waals surface area contributed by atoms with Crippen molar-refractivity contribution >= 4 is 34.8 Å². The number of hydrogen-bond donors (Lipinski definition) is 2. The lowest BCUT2D eigenvalue weighted by Gasteiger charge is -2.21. The number of thioether (sulfide) groups is 1. The Morgan fingerprint density at radius 3 is 2.95 bits per heavy atom. The summed E-state index contributed by atoms with van der Waals surface area (Å²) in [5.74, 6) is 2.01. The van der Waals surface area contributed by atoms with Crippen LogP contribution < -0.4 is 11.1 Å². The maximum atomic E-state index is 5.87. The van der Waals surface area contributed by atoms with Crippen molar-refractivity contribution in [2.24, 2.45) is 5.73 Å². The number of aryl methyl sites for hydroxylation is 2. The smallest absolute Gasteiger partial charge is 0.136 e. The predicted octanol–water partition coefficient (Wildman–Crippen LogP) is 3.15. The first-order valence-corrected chi connectivity index (χ1v) is 9.00. The second-order valence-corrected chi connectivity index (χ2v) is 6.81. The van der Waals surface area contributed by atoms with Crippen molar-refractivity contribution in [1.82, 2.24) is 4.98 Å². The van der Waals surface area contributed by atoms with E-state index in [2.05, 4.69) is 24.6 Å². The molecule has 1 aliphatic rings. The first kappa shape index (κ1) is 15.6. The largest absolute Gasteiger partial charge is 0.389 e. The summed E-state index contributed by atoms with van der Waals surface area (Å²) in [6.45, 7) is 2.18. The van der Waals surface area contributed by atoms with Gasteiger partial charge in [-0.3, -0.25) is 0 Å². The van der Waals surface area contributed by atoms with Gasteiger partial charge in [0.15, 0.2) is 0 Å². The maximum absolute atomic E-state index is 5.87. The SMILES string of the molecule is CSCCC(C)Nc1nc2c(cc1C(N)=S)CCCC2. The van der Waals surface area contributed by atoms with E-state index in [0.29, 0.717) is 11.0 Å². The molecule has 1 heterocycles. The number of pyridine rings is 1. The van der Waals surface area contributed by atoms with Gasteiger partial charge in [0, 0.05) is 11.7 Å². The number of nitrogens with zero attached hydrogens (tertiary/aromatic N) is 1. The van der Waals surface area contributed by atoms with Gasteiger partial charge >= 0.3 is 0 Å². The zero-order valence-corrected chi connectivity index (χ0v) is 13.9. The number of aromatic nitrogens is 1. The third-order valence-electron chi connectivity index (χ3n) is 3.70. The number of nitrogens with two attached hydrogens (primary N) is 1. The van der Waals surface area contributed by atoms with Gasteiger partial charge in [-0.15, -0.1) is 0 Å².